The van der Waals surface area contributed by atoms with Gasteiger partial charge in [-0.25, -0.2) is 0 Å². The fourth-order valence-corrected chi connectivity index (χ4v) is 1.22. The third-order valence-corrected chi connectivity index (χ3v) is 2.05. The number of hydroxylamine groups is 1. The summed E-state index contributed by atoms with van der Waals surface area (Å²) in [5.41, 5.74) is 2.55. The van der Waals surface area contributed by atoms with Crippen molar-refractivity contribution in [1.82, 2.24) is 5.48 Å². The zero-order valence-corrected chi connectivity index (χ0v) is 9.84. The van der Waals surface area contributed by atoms with Gasteiger partial charge >= 0.3 is 6.18 Å². The molecule has 1 N–H and O–H groups in total. The van der Waals surface area contributed by atoms with Gasteiger partial charge in [0.15, 0.2) is 0 Å². The molecule has 0 aliphatic rings. The summed E-state index contributed by atoms with van der Waals surface area (Å²) in [6, 6.07) is 5.19. The summed E-state index contributed by atoms with van der Waals surface area (Å²) < 4.78 is 37.2. The number of hydrogen-bond acceptors (Lipinski definition) is 2. The zero-order chi connectivity index (χ0) is 12.9. The number of alkyl halides is 3. The molecule has 1 rings (SSSR count). The second-order valence-electron chi connectivity index (χ2n) is 4.22. The van der Waals surface area contributed by atoms with E-state index in [0.717, 1.165) is 12.1 Å². The van der Waals surface area contributed by atoms with Crippen LogP contribution in [0, 0.1) is 5.92 Å². The second-order valence-corrected chi connectivity index (χ2v) is 4.22. The van der Waals surface area contributed by atoms with E-state index in [9.17, 15) is 13.2 Å². The summed E-state index contributed by atoms with van der Waals surface area (Å²) in [6.07, 6.45) is -4.30. The molecule has 0 fully saturated rings. The third-order valence-electron chi connectivity index (χ3n) is 2.05. The molecule has 0 heterocycles. The highest BCUT2D eigenvalue weighted by Gasteiger charge is 2.30. The molecule has 0 amide bonds. The van der Waals surface area contributed by atoms with Gasteiger partial charge in [0.1, 0.15) is 0 Å². The van der Waals surface area contributed by atoms with Crippen LogP contribution in [0.1, 0.15) is 25.0 Å². The van der Waals surface area contributed by atoms with Gasteiger partial charge in [-0.05, 0) is 17.5 Å². The van der Waals surface area contributed by atoms with Crippen LogP contribution < -0.4 is 5.48 Å². The molecule has 0 saturated carbocycles. The lowest BCUT2D eigenvalue weighted by Crippen LogP contribution is -2.17. The predicted molar refractivity (Wildman–Crippen MR) is 59.1 cm³/mol. The fourth-order valence-electron chi connectivity index (χ4n) is 1.22. The molecule has 0 atom stereocenters. The van der Waals surface area contributed by atoms with Gasteiger partial charge in [0.05, 0.1) is 12.2 Å². The number of benzene rings is 1. The lowest BCUT2D eigenvalue weighted by Gasteiger charge is -2.10. The zero-order valence-electron chi connectivity index (χ0n) is 9.84. The van der Waals surface area contributed by atoms with Crippen molar-refractivity contribution >= 4 is 0 Å². The van der Waals surface area contributed by atoms with E-state index in [2.05, 4.69) is 5.48 Å². The lowest BCUT2D eigenvalue weighted by molar-refractivity contribution is -0.137. The van der Waals surface area contributed by atoms with Gasteiger partial charge in [-0.3, -0.25) is 0 Å². The summed E-state index contributed by atoms with van der Waals surface area (Å²) >= 11 is 0. The Hall–Kier alpha value is -1.07. The van der Waals surface area contributed by atoms with Crippen LogP contribution >= 0.6 is 0 Å². The van der Waals surface area contributed by atoms with E-state index in [-0.39, 0.29) is 6.54 Å². The highest BCUT2D eigenvalue weighted by molar-refractivity contribution is 5.25. The lowest BCUT2D eigenvalue weighted by atomic mass is 10.1. The molecule has 5 heteroatoms. The molecule has 17 heavy (non-hydrogen) atoms. The Bertz CT molecular complexity index is 350. The van der Waals surface area contributed by atoms with Crippen LogP contribution in [0.5, 0.6) is 0 Å². The molecule has 1 aromatic rings. The predicted octanol–water partition coefficient (Wildman–Crippen LogP) is 3.38. The van der Waals surface area contributed by atoms with Gasteiger partial charge in [-0.2, -0.15) is 18.7 Å². The molecule has 0 aliphatic heterocycles. The standard InChI is InChI=1S/C12H16F3NO/c1-9(2)8-17-16-7-10-4-3-5-11(6-10)12(13,14)15/h3-6,9,16H,7-8H2,1-2H3. The quantitative estimate of drug-likeness (QED) is 0.636. The maximum Gasteiger partial charge on any atom is 0.416 e. The van der Waals surface area contributed by atoms with Gasteiger partial charge in [-0.15, -0.1) is 0 Å². The SMILES string of the molecule is CC(C)CONCc1cccc(C(F)(F)F)c1. The van der Waals surface area contributed by atoms with Crippen molar-refractivity contribution in [2.75, 3.05) is 6.61 Å². The van der Waals surface area contributed by atoms with Crippen LogP contribution in [0.4, 0.5) is 13.2 Å². The van der Waals surface area contributed by atoms with Crippen LogP contribution in [-0.4, -0.2) is 6.61 Å². The Morgan fingerprint density at radius 1 is 1.29 bits per heavy atom. The van der Waals surface area contributed by atoms with Crippen molar-refractivity contribution in [3.8, 4) is 0 Å². The molecule has 2 nitrogen and oxygen atoms in total. The third kappa shape index (κ3) is 5.19. The molecule has 1 aromatic carbocycles. The Kier molecular flexibility index (Phi) is 4.96. The van der Waals surface area contributed by atoms with E-state index in [1.165, 1.54) is 6.07 Å². The minimum absolute atomic E-state index is 0.261. The second kappa shape index (κ2) is 6.02. The van der Waals surface area contributed by atoms with Gasteiger partial charge < -0.3 is 4.84 Å². The van der Waals surface area contributed by atoms with Crippen LogP contribution in [-0.2, 0) is 17.6 Å². The van der Waals surface area contributed by atoms with E-state index < -0.39 is 11.7 Å². The van der Waals surface area contributed by atoms with Gasteiger partial charge in [0.2, 0.25) is 0 Å². The van der Waals surface area contributed by atoms with Crippen molar-refractivity contribution in [2.24, 2.45) is 5.92 Å². The number of nitrogens with one attached hydrogen (secondary N) is 1. The van der Waals surface area contributed by atoms with Crippen molar-refractivity contribution in [3.05, 3.63) is 35.4 Å². The van der Waals surface area contributed by atoms with E-state index in [1.807, 2.05) is 13.8 Å². The molecular weight excluding hydrogens is 231 g/mol. The first-order valence-electron chi connectivity index (χ1n) is 5.40. The molecule has 0 saturated heterocycles. The molecular formula is C12H16F3NO. The Labute approximate surface area is 98.7 Å². The van der Waals surface area contributed by atoms with Crippen molar-refractivity contribution < 1.29 is 18.0 Å². The van der Waals surface area contributed by atoms with Crippen LogP contribution in [0.15, 0.2) is 24.3 Å². The van der Waals surface area contributed by atoms with Crippen molar-refractivity contribution in [1.29, 1.82) is 0 Å². The van der Waals surface area contributed by atoms with Crippen LogP contribution in [0.2, 0.25) is 0 Å². The van der Waals surface area contributed by atoms with E-state index in [0.29, 0.717) is 18.1 Å². The molecule has 0 aliphatic carbocycles. The Balaban J connectivity index is 2.49. The van der Waals surface area contributed by atoms with Crippen LogP contribution in [0.3, 0.4) is 0 Å². The molecule has 96 valence electrons. The van der Waals surface area contributed by atoms with Crippen molar-refractivity contribution in [3.63, 3.8) is 0 Å². The highest BCUT2D eigenvalue weighted by Crippen LogP contribution is 2.29. The topological polar surface area (TPSA) is 21.3 Å². The normalized spacial score (nSPS) is 12.1. The van der Waals surface area contributed by atoms with Crippen molar-refractivity contribution in [2.45, 2.75) is 26.6 Å². The Morgan fingerprint density at radius 2 is 2.00 bits per heavy atom. The highest BCUT2D eigenvalue weighted by atomic mass is 19.4. The largest absolute Gasteiger partial charge is 0.416 e. The molecule has 0 bridgehead atoms. The first-order valence-corrected chi connectivity index (χ1v) is 5.40. The minimum atomic E-state index is -4.30. The maximum atomic E-state index is 12.4. The average Bonchev–Trinajstić information content (AvgIpc) is 2.23. The van der Waals surface area contributed by atoms with E-state index >= 15 is 0 Å². The Morgan fingerprint density at radius 3 is 2.59 bits per heavy atom. The summed E-state index contributed by atoms with van der Waals surface area (Å²) in [5.74, 6) is 0.379. The molecule has 0 radical (unpaired) electrons. The average molecular weight is 247 g/mol. The number of hydrogen-bond donors (Lipinski definition) is 1. The summed E-state index contributed by atoms with van der Waals surface area (Å²) in [6.45, 7) is 4.77. The minimum Gasteiger partial charge on any atom is -0.301 e. The van der Waals surface area contributed by atoms with E-state index in [4.69, 9.17) is 4.84 Å². The smallest absolute Gasteiger partial charge is 0.301 e. The number of rotatable bonds is 5. The summed E-state index contributed by atoms with van der Waals surface area (Å²) in [7, 11) is 0. The maximum absolute atomic E-state index is 12.4. The van der Waals surface area contributed by atoms with E-state index in [1.54, 1.807) is 6.07 Å². The van der Waals surface area contributed by atoms with Gasteiger partial charge in [0.25, 0.3) is 0 Å². The number of halogens is 3. The molecule has 0 unspecified atom stereocenters. The first-order chi connectivity index (χ1) is 7.89. The molecule has 0 spiro atoms. The fraction of sp³-hybridized carbons (Fsp3) is 0.500. The first kappa shape index (κ1) is 14.0. The van der Waals surface area contributed by atoms with Gasteiger partial charge in [0, 0.05) is 6.54 Å². The van der Waals surface area contributed by atoms with Gasteiger partial charge in [-0.1, -0.05) is 32.0 Å². The monoisotopic (exact) mass is 247 g/mol. The molecule has 0 aromatic heterocycles. The van der Waals surface area contributed by atoms with Crippen LogP contribution in [0.25, 0.3) is 0 Å². The summed E-state index contributed by atoms with van der Waals surface area (Å²) in [5, 5.41) is 0. The summed E-state index contributed by atoms with van der Waals surface area (Å²) in [4.78, 5) is 5.09.